The van der Waals surface area contributed by atoms with Crippen molar-refractivity contribution in [2.75, 3.05) is 6.61 Å². The second-order valence-electron chi connectivity index (χ2n) is 9.81. The third kappa shape index (κ3) is 4.02. The van der Waals surface area contributed by atoms with Crippen LogP contribution in [0.4, 0.5) is 0 Å². The maximum atomic E-state index is 14.0. The average Bonchev–Trinajstić information content (AvgIpc) is 3.50. The van der Waals surface area contributed by atoms with E-state index in [9.17, 15) is 18.5 Å². The Morgan fingerprint density at radius 3 is 2.76 bits per heavy atom. The molecule has 2 aromatic carbocycles. The van der Waals surface area contributed by atoms with Gasteiger partial charge in [0.25, 0.3) is 0 Å². The second-order valence-corrected chi connectivity index (χ2v) is 12.1. The number of ether oxygens (including phenoxy) is 1. The van der Waals surface area contributed by atoms with E-state index in [0.29, 0.717) is 45.3 Å². The summed E-state index contributed by atoms with van der Waals surface area (Å²) in [6, 6.07) is 12.5. The highest BCUT2D eigenvalue weighted by molar-refractivity contribution is 7.91. The van der Waals surface area contributed by atoms with Crippen LogP contribution < -0.4 is 0 Å². The fourth-order valence-corrected chi connectivity index (χ4v) is 6.98. The number of H-pyrrole nitrogens is 1. The summed E-state index contributed by atoms with van der Waals surface area (Å²) in [5.41, 5.74) is 4.45. The van der Waals surface area contributed by atoms with Crippen LogP contribution in [0.25, 0.3) is 21.9 Å². The minimum atomic E-state index is -3.85. The summed E-state index contributed by atoms with van der Waals surface area (Å²) in [6.07, 6.45) is 7.51. The minimum absolute atomic E-state index is 0.177. The molecule has 9 heteroatoms. The molecule has 4 aromatic rings. The zero-order chi connectivity index (χ0) is 27.2. The zero-order valence-electron chi connectivity index (χ0n) is 21.6. The van der Waals surface area contributed by atoms with Crippen molar-refractivity contribution in [3.05, 3.63) is 88.9 Å². The maximum Gasteiger partial charge on any atom is 0.321 e. The van der Waals surface area contributed by atoms with Gasteiger partial charge in [-0.05, 0) is 69.5 Å². The van der Waals surface area contributed by atoms with Gasteiger partial charge in [0, 0.05) is 11.6 Å². The molecule has 2 aromatic heterocycles. The average molecular weight is 529 g/mol. The van der Waals surface area contributed by atoms with Crippen LogP contribution in [0.5, 0.6) is 0 Å². The van der Waals surface area contributed by atoms with E-state index >= 15 is 0 Å². The van der Waals surface area contributed by atoms with Gasteiger partial charge in [-0.15, -0.1) is 0 Å². The molecule has 194 valence electrons. The van der Waals surface area contributed by atoms with E-state index in [4.69, 9.17) is 4.74 Å². The standard InChI is InChI=1S/C29H28N4O4S/c1-5-37-28(34)25(27-31-23-11-9-20(17-30)15-24(23)32-27)21-10-8-19(3)26-22(21)12-14-33(26)38(35,36)29(4)13-6-7-18(2)16-29/h6-12,14-16,25H,5,13H2,1-4H3,(H,31,32). The maximum absolute atomic E-state index is 14.0. The third-order valence-corrected chi connectivity index (χ3v) is 9.36. The van der Waals surface area contributed by atoms with Crippen molar-refractivity contribution in [2.45, 2.75) is 44.8 Å². The Morgan fingerprint density at radius 2 is 2.05 bits per heavy atom. The number of carbonyl (C=O) groups excluding carboxylic acids is 1. The first-order valence-corrected chi connectivity index (χ1v) is 13.8. The summed E-state index contributed by atoms with van der Waals surface area (Å²) < 4.78 is 33.7. The highest BCUT2D eigenvalue weighted by atomic mass is 32.2. The quantitative estimate of drug-likeness (QED) is 0.342. The van der Waals surface area contributed by atoms with Gasteiger partial charge in [-0.25, -0.2) is 17.4 Å². The van der Waals surface area contributed by atoms with Crippen LogP contribution in [0.15, 0.2) is 66.4 Å². The van der Waals surface area contributed by atoms with Crippen LogP contribution in [0.3, 0.4) is 0 Å². The van der Waals surface area contributed by atoms with Crippen LogP contribution in [0.2, 0.25) is 0 Å². The SMILES string of the molecule is CCOC(=O)C(c1nc2ccc(C#N)cc2[nH]1)c1ccc(C)c2c1ccn2S(=O)(=O)C1(C)C=C(C)C=CC1. The molecule has 0 saturated heterocycles. The van der Waals surface area contributed by atoms with Crippen molar-refractivity contribution < 1.29 is 17.9 Å². The number of allylic oxidation sites excluding steroid dienone is 3. The van der Waals surface area contributed by atoms with Gasteiger partial charge in [0.05, 0.1) is 34.8 Å². The molecule has 2 unspecified atom stereocenters. The number of hydrogen-bond donors (Lipinski definition) is 1. The van der Waals surface area contributed by atoms with Gasteiger partial charge in [-0.3, -0.25) is 4.79 Å². The smallest absolute Gasteiger partial charge is 0.321 e. The number of imidazole rings is 1. The molecular weight excluding hydrogens is 500 g/mol. The zero-order valence-corrected chi connectivity index (χ0v) is 22.5. The fraction of sp³-hybridized carbons (Fsp3) is 0.276. The summed E-state index contributed by atoms with van der Waals surface area (Å²) in [7, 11) is -3.85. The summed E-state index contributed by atoms with van der Waals surface area (Å²) in [5.74, 6) is -1.07. The molecular formula is C29H28N4O4S. The number of nitriles is 1. The van der Waals surface area contributed by atoms with Crippen molar-refractivity contribution in [3.8, 4) is 6.07 Å². The number of benzene rings is 2. The van der Waals surface area contributed by atoms with E-state index in [0.717, 1.165) is 11.1 Å². The van der Waals surface area contributed by atoms with E-state index in [-0.39, 0.29) is 6.61 Å². The van der Waals surface area contributed by atoms with E-state index in [1.807, 2.05) is 38.1 Å². The first kappa shape index (κ1) is 25.5. The van der Waals surface area contributed by atoms with Crippen molar-refractivity contribution >= 4 is 37.9 Å². The number of hydrogen-bond acceptors (Lipinski definition) is 6. The van der Waals surface area contributed by atoms with Crippen LogP contribution in [-0.4, -0.2) is 39.7 Å². The molecule has 1 aliphatic carbocycles. The number of nitrogens with one attached hydrogen (secondary N) is 1. The molecule has 0 bridgehead atoms. The summed E-state index contributed by atoms with van der Waals surface area (Å²) >= 11 is 0. The number of esters is 1. The monoisotopic (exact) mass is 528 g/mol. The highest BCUT2D eigenvalue weighted by Crippen LogP contribution is 2.38. The Labute approximate surface area is 221 Å². The molecule has 38 heavy (non-hydrogen) atoms. The molecule has 5 rings (SSSR count). The number of nitrogens with zero attached hydrogens (tertiary/aromatic N) is 3. The lowest BCUT2D eigenvalue weighted by atomic mass is 9.93. The van der Waals surface area contributed by atoms with E-state index in [2.05, 4.69) is 16.0 Å². The van der Waals surface area contributed by atoms with E-state index < -0.39 is 26.7 Å². The molecule has 1 aliphatic rings. The summed E-state index contributed by atoms with van der Waals surface area (Å²) in [4.78, 5) is 21.2. The number of rotatable bonds is 6. The number of carbonyl (C=O) groups is 1. The normalized spacial score (nSPS) is 18.3. The first-order chi connectivity index (χ1) is 18.1. The predicted octanol–water partition coefficient (Wildman–Crippen LogP) is 5.24. The summed E-state index contributed by atoms with van der Waals surface area (Å²) in [5, 5.41) is 9.90. The number of fused-ring (bicyclic) bond motifs is 2. The largest absolute Gasteiger partial charge is 0.465 e. The van der Waals surface area contributed by atoms with Gasteiger partial charge in [0.2, 0.25) is 10.0 Å². The number of aromatic nitrogens is 3. The molecule has 0 spiro atoms. The van der Waals surface area contributed by atoms with Gasteiger partial charge in [0.1, 0.15) is 16.5 Å². The van der Waals surface area contributed by atoms with Gasteiger partial charge in [-0.2, -0.15) is 5.26 Å². The third-order valence-electron chi connectivity index (χ3n) is 7.07. The molecule has 8 nitrogen and oxygen atoms in total. The van der Waals surface area contributed by atoms with Gasteiger partial charge >= 0.3 is 5.97 Å². The Balaban J connectivity index is 1.71. The van der Waals surface area contributed by atoms with E-state index in [1.54, 1.807) is 50.4 Å². The Hall–Kier alpha value is -4.16. The Bertz CT molecular complexity index is 1800. The lowest BCUT2D eigenvalue weighted by molar-refractivity contribution is -0.144. The number of aromatic amines is 1. The van der Waals surface area contributed by atoms with Crippen LogP contribution >= 0.6 is 0 Å². The van der Waals surface area contributed by atoms with Crippen LogP contribution in [-0.2, 0) is 19.6 Å². The Kier molecular flexibility index (Phi) is 6.24. The van der Waals surface area contributed by atoms with Crippen molar-refractivity contribution in [2.24, 2.45) is 0 Å². The van der Waals surface area contributed by atoms with Gasteiger partial charge in [-0.1, -0.05) is 35.9 Å². The van der Waals surface area contributed by atoms with Crippen molar-refractivity contribution in [1.82, 2.24) is 13.9 Å². The molecule has 1 N–H and O–H groups in total. The fourth-order valence-electron chi connectivity index (χ4n) is 5.19. The molecule has 0 aliphatic heterocycles. The van der Waals surface area contributed by atoms with Crippen molar-refractivity contribution in [3.63, 3.8) is 0 Å². The molecule has 0 saturated carbocycles. The minimum Gasteiger partial charge on any atom is -0.465 e. The highest BCUT2D eigenvalue weighted by Gasteiger charge is 2.40. The molecule has 0 amide bonds. The van der Waals surface area contributed by atoms with E-state index in [1.165, 1.54) is 3.97 Å². The topological polar surface area (TPSA) is 118 Å². The molecule has 0 fully saturated rings. The molecule has 2 atom stereocenters. The predicted molar refractivity (Wildman–Crippen MR) is 146 cm³/mol. The van der Waals surface area contributed by atoms with Crippen LogP contribution in [0, 0.1) is 18.3 Å². The molecule has 0 radical (unpaired) electrons. The second kappa shape index (κ2) is 9.30. The molecule has 2 heterocycles. The van der Waals surface area contributed by atoms with Gasteiger partial charge < -0.3 is 9.72 Å². The lowest BCUT2D eigenvalue weighted by Gasteiger charge is -2.29. The van der Waals surface area contributed by atoms with Crippen LogP contribution in [0.1, 0.15) is 55.6 Å². The van der Waals surface area contributed by atoms with Gasteiger partial charge in [0.15, 0.2) is 0 Å². The first-order valence-electron chi connectivity index (χ1n) is 12.4. The summed E-state index contributed by atoms with van der Waals surface area (Å²) in [6.45, 7) is 7.38. The lowest BCUT2D eigenvalue weighted by Crippen LogP contribution is -2.38. The number of aryl methyl sites for hydroxylation is 1. The van der Waals surface area contributed by atoms with Crippen molar-refractivity contribution in [1.29, 1.82) is 5.26 Å². The Morgan fingerprint density at radius 1 is 1.26 bits per heavy atom.